The third-order valence-corrected chi connectivity index (χ3v) is 2.12. The summed E-state index contributed by atoms with van der Waals surface area (Å²) in [6, 6.07) is 2.92. The fourth-order valence-corrected chi connectivity index (χ4v) is 1.41. The summed E-state index contributed by atoms with van der Waals surface area (Å²) >= 11 is 0. The minimum absolute atomic E-state index is 0. The van der Waals surface area contributed by atoms with Crippen molar-refractivity contribution in [2.45, 2.75) is 13.8 Å². The van der Waals surface area contributed by atoms with Crippen molar-refractivity contribution < 1.29 is 19.8 Å². The Kier molecular flexibility index (Phi) is 5.00. The monoisotopic (exact) mass is 218 g/mol. The van der Waals surface area contributed by atoms with E-state index in [4.69, 9.17) is 10.2 Å². The van der Waals surface area contributed by atoms with Crippen molar-refractivity contribution in [3.8, 4) is 0 Å². The van der Waals surface area contributed by atoms with Crippen molar-refractivity contribution in [2.24, 2.45) is 0 Å². The first-order valence-corrected chi connectivity index (χ1v) is 4.02. The summed E-state index contributed by atoms with van der Waals surface area (Å²) in [6.07, 6.45) is 0. The van der Waals surface area contributed by atoms with Crippen LogP contribution in [0.3, 0.4) is 0 Å². The van der Waals surface area contributed by atoms with Crippen molar-refractivity contribution in [1.82, 2.24) is 0 Å². The molecule has 0 bridgehead atoms. The predicted molar refractivity (Wildman–Crippen MR) is 57.0 cm³/mol. The first kappa shape index (κ1) is 14.2. The molecule has 4 nitrogen and oxygen atoms in total. The van der Waals surface area contributed by atoms with Gasteiger partial charge in [0.2, 0.25) is 0 Å². The molecular weight excluding hydrogens is 207 g/mol. The molecule has 0 aromatic heterocycles. The maximum atomic E-state index is 10.8. The van der Waals surface area contributed by atoms with Gasteiger partial charge in [0.25, 0.3) is 0 Å². The van der Waals surface area contributed by atoms with Gasteiger partial charge in [-0.2, -0.15) is 0 Å². The van der Waals surface area contributed by atoms with Gasteiger partial charge in [0.1, 0.15) is 0 Å². The van der Waals surface area contributed by atoms with E-state index in [2.05, 4.69) is 0 Å². The van der Waals surface area contributed by atoms with E-state index in [1.165, 1.54) is 19.1 Å². The van der Waals surface area contributed by atoms with E-state index < -0.39 is 11.9 Å². The van der Waals surface area contributed by atoms with Gasteiger partial charge in [-0.3, -0.25) is 0 Å². The molecule has 0 radical (unpaired) electrons. The summed E-state index contributed by atoms with van der Waals surface area (Å²) in [7, 11) is 0. The third kappa shape index (κ3) is 2.81. The van der Waals surface area contributed by atoms with Crippen LogP contribution in [0.5, 0.6) is 0 Å². The van der Waals surface area contributed by atoms with Gasteiger partial charge in [0, 0.05) is 0 Å². The molecule has 0 saturated heterocycles. The van der Waals surface area contributed by atoms with Crippen molar-refractivity contribution in [3.63, 3.8) is 0 Å². The molecule has 0 aliphatic heterocycles. The average molecular weight is 218 g/mol. The topological polar surface area (TPSA) is 74.6 Å². The van der Waals surface area contributed by atoms with E-state index in [-0.39, 0.29) is 40.7 Å². The first-order chi connectivity index (χ1) is 6.45. The van der Waals surface area contributed by atoms with Gasteiger partial charge in [0.15, 0.2) is 0 Å². The number of rotatable bonds is 2. The summed E-state index contributed by atoms with van der Waals surface area (Å²) in [4.78, 5) is 21.5. The van der Waals surface area contributed by atoms with Gasteiger partial charge in [0.05, 0.1) is 11.1 Å². The molecule has 0 fully saturated rings. The van der Waals surface area contributed by atoms with Crippen LogP contribution in [-0.4, -0.2) is 51.7 Å². The van der Waals surface area contributed by atoms with Crippen LogP contribution in [0, 0.1) is 13.8 Å². The van der Waals surface area contributed by atoms with Crippen molar-refractivity contribution in [3.05, 3.63) is 34.4 Å². The Morgan fingerprint density at radius 1 is 1.07 bits per heavy atom. The van der Waals surface area contributed by atoms with Crippen molar-refractivity contribution in [1.29, 1.82) is 0 Å². The van der Waals surface area contributed by atoms with Crippen molar-refractivity contribution in [2.75, 3.05) is 0 Å². The van der Waals surface area contributed by atoms with Gasteiger partial charge >= 0.3 is 41.5 Å². The minimum atomic E-state index is -1.11. The number of carboxylic acid groups (broad SMARTS) is 2. The number of hydrogen-bond donors (Lipinski definition) is 2. The molecule has 0 heterocycles. The number of aryl methyl sites for hydroxylation is 1. The van der Waals surface area contributed by atoms with Crippen LogP contribution in [-0.2, 0) is 0 Å². The van der Waals surface area contributed by atoms with Gasteiger partial charge in [-0.05, 0) is 31.0 Å². The standard InChI is InChI=1S/C10H10O4.Na.H/c1-5-3-4-7(9(11)12)6(2)8(5)10(13)14;;/h3-4H,1-2H3,(H,11,12)(H,13,14);;. The molecule has 0 atom stereocenters. The molecule has 1 aromatic rings. The molecule has 15 heavy (non-hydrogen) atoms. The molecule has 76 valence electrons. The van der Waals surface area contributed by atoms with Crippen LogP contribution in [0.2, 0.25) is 0 Å². The molecular formula is C10H11NaO4. The zero-order valence-corrected chi connectivity index (χ0v) is 7.87. The normalized spacial score (nSPS) is 9.20. The number of benzene rings is 1. The fraction of sp³-hybridized carbons (Fsp3) is 0.200. The molecule has 0 saturated carbocycles. The van der Waals surface area contributed by atoms with Crippen LogP contribution in [0.1, 0.15) is 31.8 Å². The van der Waals surface area contributed by atoms with E-state index in [1.807, 2.05) is 0 Å². The molecule has 0 spiro atoms. The second kappa shape index (κ2) is 5.30. The quantitative estimate of drug-likeness (QED) is 0.727. The first-order valence-electron chi connectivity index (χ1n) is 4.02. The number of carbonyl (C=O) groups is 2. The van der Waals surface area contributed by atoms with Gasteiger partial charge in [-0.15, -0.1) is 0 Å². The Bertz CT molecular complexity index is 412. The fourth-order valence-electron chi connectivity index (χ4n) is 1.41. The van der Waals surface area contributed by atoms with Crippen molar-refractivity contribution >= 4 is 41.5 Å². The van der Waals surface area contributed by atoms with E-state index in [1.54, 1.807) is 6.92 Å². The number of aromatic carboxylic acids is 2. The van der Waals surface area contributed by atoms with Crippen LogP contribution in [0.4, 0.5) is 0 Å². The summed E-state index contributed by atoms with van der Waals surface area (Å²) in [6.45, 7) is 3.14. The molecule has 0 aliphatic carbocycles. The van der Waals surface area contributed by atoms with E-state index in [0.717, 1.165) is 0 Å². The molecule has 2 N–H and O–H groups in total. The zero-order valence-electron chi connectivity index (χ0n) is 7.87. The SMILES string of the molecule is Cc1ccc(C(=O)O)c(C)c1C(=O)O.[NaH]. The van der Waals surface area contributed by atoms with Gasteiger partial charge < -0.3 is 10.2 Å². The Labute approximate surface area is 109 Å². The Balaban J connectivity index is 0.00000196. The van der Waals surface area contributed by atoms with Crippen LogP contribution >= 0.6 is 0 Å². The second-order valence-corrected chi connectivity index (χ2v) is 3.04. The Hall–Kier alpha value is -0.840. The van der Waals surface area contributed by atoms with E-state index in [9.17, 15) is 9.59 Å². The summed E-state index contributed by atoms with van der Waals surface area (Å²) in [5.74, 6) is -2.20. The molecule has 0 amide bonds. The molecule has 0 aliphatic rings. The predicted octanol–water partition coefficient (Wildman–Crippen LogP) is 1.05. The maximum absolute atomic E-state index is 10.8. The van der Waals surface area contributed by atoms with Gasteiger partial charge in [-0.1, -0.05) is 6.07 Å². The van der Waals surface area contributed by atoms with Crippen LogP contribution in [0.15, 0.2) is 12.1 Å². The summed E-state index contributed by atoms with van der Waals surface area (Å²) < 4.78 is 0. The summed E-state index contributed by atoms with van der Waals surface area (Å²) in [5, 5.41) is 17.6. The average Bonchev–Trinajstić information content (AvgIpc) is 2.02. The van der Waals surface area contributed by atoms with E-state index >= 15 is 0 Å². The zero-order chi connectivity index (χ0) is 10.9. The number of carboxylic acids is 2. The van der Waals surface area contributed by atoms with Gasteiger partial charge in [-0.25, -0.2) is 9.59 Å². The molecule has 1 rings (SSSR count). The van der Waals surface area contributed by atoms with Crippen LogP contribution < -0.4 is 0 Å². The number of hydrogen-bond acceptors (Lipinski definition) is 2. The van der Waals surface area contributed by atoms with Crippen LogP contribution in [0.25, 0.3) is 0 Å². The molecule has 1 aromatic carbocycles. The third-order valence-electron chi connectivity index (χ3n) is 2.12. The Morgan fingerprint density at radius 2 is 1.60 bits per heavy atom. The molecule has 0 unspecified atom stereocenters. The second-order valence-electron chi connectivity index (χ2n) is 3.04. The van der Waals surface area contributed by atoms with E-state index in [0.29, 0.717) is 11.1 Å². The summed E-state index contributed by atoms with van der Waals surface area (Å²) in [5.41, 5.74) is 0.975. The Morgan fingerprint density at radius 3 is 2.00 bits per heavy atom. The molecule has 5 heteroatoms.